The van der Waals surface area contributed by atoms with Crippen molar-refractivity contribution in [1.29, 1.82) is 0 Å². The Morgan fingerprint density at radius 2 is 2.21 bits per heavy atom. The minimum Gasteiger partial charge on any atom is -0.497 e. The summed E-state index contributed by atoms with van der Waals surface area (Å²) in [5, 5.41) is 0. The molecule has 3 rings (SSSR count). The number of carbonyl (C=O) groups is 1. The lowest BCUT2D eigenvalue weighted by Gasteiger charge is -2.05. The molecule has 2 N–H and O–H groups in total. The van der Waals surface area contributed by atoms with Crippen molar-refractivity contribution in [2.45, 2.75) is 0 Å². The van der Waals surface area contributed by atoms with E-state index in [1.54, 1.807) is 18.2 Å². The summed E-state index contributed by atoms with van der Waals surface area (Å²) in [4.78, 5) is 27.0. The van der Waals surface area contributed by atoms with Crippen LogP contribution in [0, 0.1) is 0 Å². The first-order valence-electron chi connectivity index (χ1n) is 5.40. The summed E-state index contributed by atoms with van der Waals surface area (Å²) in [5.41, 5.74) is 5.62. The standard InChI is InChI=1S/C12H9N3O4/c1-18-6-2-3-9-7(4-6)15-8(12(17)19-9)5-14-11(15)10(13)16/h2-5H,1H3,(H2,13,16). The molecule has 0 atom stereocenters. The van der Waals surface area contributed by atoms with E-state index in [4.69, 9.17) is 14.9 Å². The number of fused-ring (bicyclic) bond motifs is 3. The summed E-state index contributed by atoms with van der Waals surface area (Å²) in [7, 11) is 1.51. The van der Waals surface area contributed by atoms with Crippen molar-refractivity contribution in [3.63, 3.8) is 0 Å². The molecule has 7 heteroatoms. The molecule has 1 aromatic carbocycles. The van der Waals surface area contributed by atoms with Crippen LogP contribution < -0.4 is 16.1 Å². The van der Waals surface area contributed by atoms with Gasteiger partial charge in [-0.1, -0.05) is 0 Å². The van der Waals surface area contributed by atoms with Crippen molar-refractivity contribution in [3.05, 3.63) is 40.6 Å². The largest absolute Gasteiger partial charge is 0.497 e. The Balaban J connectivity index is 2.57. The zero-order valence-corrected chi connectivity index (χ0v) is 9.91. The molecule has 0 aliphatic heterocycles. The third-order valence-electron chi connectivity index (χ3n) is 2.80. The molecule has 2 heterocycles. The lowest BCUT2D eigenvalue weighted by Crippen LogP contribution is -2.17. The summed E-state index contributed by atoms with van der Waals surface area (Å²) >= 11 is 0. The van der Waals surface area contributed by atoms with Gasteiger partial charge in [-0.25, -0.2) is 9.78 Å². The van der Waals surface area contributed by atoms with Crippen LogP contribution in [0.2, 0.25) is 0 Å². The molecule has 0 bridgehead atoms. The highest BCUT2D eigenvalue weighted by molar-refractivity contribution is 5.92. The Hall–Kier alpha value is -2.83. The summed E-state index contributed by atoms with van der Waals surface area (Å²) in [5.74, 6) is -0.192. The number of nitrogens with zero attached hydrogens (tertiary/aromatic N) is 2. The van der Waals surface area contributed by atoms with Crippen molar-refractivity contribution < 1.29 is 13.9 Å². The van der Waals surface area contributed by atoms with Crippen molar-refractivity contribution >= 4 is 22.5 Å². The van der Waals surface area contributed by atoms with Crippen molar-refractivity contribution in [1.82, 2.24) is 9.38 Å². The van der Waals surface area contributed by atoms with Gasteiger partial charge in [-0.05, 0) is 12.1 Å². The summed E-state index contributed by atoms with van der Waals surface area (Å²) in [6.45, 7) is 0. The van der Waals surface area contributed by atoms with E-state index in [-0.39, 0.29) is 11.3 Å². The average molecular weight is 259 g/mol. The maximum absolute atomic E-state index is 11.8. The van der Waals surface area contributed by atoms with E-state index in [0.717, 1.165) is 0 Å². The molecule has 3 aromatic rings. The van der Waals surface area contributed by atoms with Crippen LogP contribution in [-0.4, -0.2) is 22.4 Å². The highest BCUT2D eigenvalue weighted by Crippen LogP contribution is 2.21. The minimum atomic E-state index is -0.727. The molecular weight excluding hydrogens is 250 g/mol. The van der Waals surface area contributed by atoms with Crippen molar-refractivity contribution in [3.8, 4) is 5.75 Å². The van der Waals surface area contributed by atoms with Crippen LogP contribution in [0.15, 0.2) is 33.6 Å². The van der Waals surface area contributed by atoms with E-state index < -0.39 is 11.5 Å². The van der Waals surface area contributed by atoms with E-state index in [1.165, 1.54) is 17.7 Å². The number of hydrogen-bond donors (Lipinski definition) is 1. The highest BCUT2D eigenvalue weighted by atomic mass is 16.5. The number of amides is 1. The summed E-state index contributed by atoms with van der Waals surface area (Å²) in [6, 6.07) is 4.87. The zero-order valence-electron chi connectivity index (χ0n) is 9.91. The molecule has 2 aromatic heterocycles. The van der Waals surface area contributed by atoms with Gasteiger partial charge in [0.1, 0.15) is 5.75 Å². The number of nitrogens with two attached hydrogens (primary N) is 1. The topological polar surface area (TPSA) is 99.8 Å². The Labute approximate surface area is 106 Å². The molecule has 0 unspecified atom stereocenters. The first-order chi connectivity index (χ1) is 9.11. The third kappa shape index (κ3) is 1.55. The van der Waals surface area contributed by atoms with E-state index in [2.05, 4.69) is 4.98 Å². The van der Waals surface area contributed by atoms with Gasteiger partial charge in [0.05, 0.1) is 18.8 Å². The SMILES string of the molecule is COc1ccc2oc(=O)c3cnc(C(N)=O)n3c2c1. The Morgan fingerprint density at radius 1 is 1.42 bits per heavy atom. The number of ether oxygens (including phenoxy) is 1. The second-order valence-corrected chi connectivity index (χ2v) is 3.89. The van der Waals surface area contributed by atoms with Gasteiger partial charge in [0.25, 0.3) is 5.91 Å². The molecular formula is C12H9N3O4. The molecule has 1 amide bonds. The first kappa shape index (κ1) is 11.3. The van der Waals surface area contributed by atoms with Crippen LogP contribution >= 0.6 is 0 Å². The molecule has 0 saturated carbocycles. The molecule has 0 aliphatic rings. The van der Waals surface area contributed by atoms with Crippen LogP contribution in [-0.2, 0) is 0 Å². The fourth-order valence-corrected chi connectivity index (χ4v) is 1.95. The molecule has 7 nitrogen and oxygen atoms in total. The minimum absolute atomic E-state index is 0.0267. The second-order valence-electron chi connectivity index (χ2n) is 3.89. The molecule has 0 saturated heterocycles. The smallest absolute Gasteiger partial charge is 0.362 e. The van der Waals surface area contributed by atoms with Crippen LogP contribution in [0.4, 0.5) is 0 Å². The van der Waals surface area contributed by atoms with Crippen LogP contribution in [0.25, 0.3) is 16.6 Å². The highest BCUT2D eigenvalue weighted by Gasteiger charge is 2.16. The van der Waals surface area contributed by atoms with Crippen LogP contribution in [0.1, 0.15) is 10.6 Å². The average Bonchev–Trinajstić information content (AvgIpc) is 2.84. The Bertz CT molecular complexity index is 862. The number of rotatable bonds is 2. The Kier molecular flexibility index (Phi) is 2.28. The zero-order chi connectivity index (χ0) is 13.6. The number of methoxy groups -OCH3 is 1. The first-order valence-corrected chi connectivity index (χ1v) is 5.40. The van der Waals surface area contributed by atoms with Gasteiger partial charge in [0.2, 0.25) is 5.82 Å². The molecule has 0 radical (unpaired) electrons. The fraction of sp³-hybridized carbons (Fsp3) is 0.0833. The number of carbonyl (C=O) groups excluding carboxylic acids is 1. The lowest BCUT2D eigenvalue weighted by atomic mass is 10.3. The number of hydrogen-bond acceptors (Lipinski definition) is 5. The lowest BCUT2D eigenvalue weighted by molar-refractivity contribution is 0.0990. The number of imidazole rings is 1. The van der Waals surface area contributed by atoms with E-state index in [1.807, 2.05) is 0 Å². The number of aromatic nitrogens is 2. The van der Waals surface area contributed by atoms with Crippen molar-refractivity contribution in [2.75, 3.05) is 7.11 Å². The molecule has 0 spiro atoms. The fourth-order valence-electron chi connectivity index (χ4n) is 1.95. The van der Waals surface area contributed by atoms with Crippen LogP contribution in [0.3, 0.4) is 0 Å². The van der Waals surface area contributed by atoms with Gasteiger partial charge >= 0.3 is 5.63 Å². The van der Waals surface area contributed by atoms with Gasteiger partial charge in [0, 0.05) is 6.07 Å². The van der Waals surface area contributed by atoms with Gasteiger partial charge in [-0.3, -0.25) is 9.20 Å². The second kappa shape index (κ2) is 3.84. The van der Waals surface area contributed by atoms with Gasteiger partial charge < -0.3 is 14.9 Å². The van der Waals surface area contributed by atoms with Crippen molar-refractivity contribution in [2.24, 2.45) is 5.73 Å². The van der Waals surface area contributed by atoms with Crippen LogP contribution in [0.5, 0.6) is 5.75 Å². The van der Waals surface area contributed by atoms with Gasteiger partial charge in [0.15, 0.2) is 11.1 Å². The van der Waals surface area contributed by atoms with Gasteiger partial charge in [-0.15, -0.1) is 0 Å². The van der Waals surface area contributed by atoms with E-state index in [0.29, 0.717) is 16.8 Å². The maximum Gasteiger partial charge on any atom is 0.362 e. The molecule has 0 aliphatic carbocycles. The monoisotopic (exact) mass is 259 g/mol. The van der Waals surface area contributed by atoms with E-state index in [9.17, 15) is 9.59 Å². The van der Waals surface area contributed by atoms with E-state index >= 15 is 0 Å². The number of benzene rings is 1. The predicted molar refractivity (Wildman–Crippen MR) is 66.3 cm³/mol. The molecule has 96 valence electrons. The molecule has 19 heavy (non-hydrogen) atoms. The quantitative estimate of drug-likeness (QED) is 0.724. The third-order valence-corrected chi connectivity index (χ3v) is 2.80. The maximum atomic E-state index is 11.8. The molecule has 0 fully saturated rings. The Morgan fingerprint density at radius 3 is 2.89 bits per heavy atom. The number of primary amides is 1. The predicted octanol–water partition coefficient (Wildman–Crippen LogP) is 0.548. The summed E-state index contributed by atoms with van der Waals surface area (Å²) in [6.07, 6.45) is 1.25. The summed E-state index contributed by atoms with van der Waals surface area (Å²) < 4.78 is 11.6. The van der Waals surface area contributed by atoms with Gasteiger partial charge in [-0.2, -0.15) is 0 Å². The normalized spacial score (nSPS) is 11.0.